The fraction of sp³-hybridized carbons (Fsp3) is 0.812. The summed E-state index contributed by atoms with van der Waals surface area (Å²) in [5, 5.41) is 8.51. The molecular weight excluding hydrogens is 310 g/mol. The highest BCUT2D eigenvalue weighted by atomic mass is 16.6. The lowest BCUT2D eigenvalue weighted by Crippen LogP contribution is -2.54. The van der Waals surface area contributed by atoms with Crippen molar-refractivity contribution in [3.05, 3.63) is 11.6 Å². The first kappa shape index (κ1) is 17.2. The van der Waals surface area contributed by atoms with Crippen molar-refractivity contribution in [3.8, 4) is 0 Å². The van der Waals surface area contributed by atoms with E-state index in [0.717, 1.165) is 37.8 Å². The van der Waals surface area contributed by atoms with E-state index in [4.69, 9.17) is 9.47 Å². The van der Waals surface area contributed by atoms with Gasteiger partial charge in [-0.25, -0.2) is 4.79 Å². The van der Waals surface area contributed by atoms with Crippen molar-refractivity contribution in [3.63, 3.8) is 0 Å². The van der Waals surface area contributed by atoms with Gasteiger partial charge in [0.1, 0.15) is 18.0 Å². The first-order valence-corrected chi connectivity index (χ1v) is 8.54. The van der Waals surface area contributed by atoms with Crippen LogP contribution in [0.3, 0.4) is 0 Å². The summed E-state index contributed by atoms with van der Waals surface area (Å²) >= 11 is 0. The predicted octanol–water partition coefficient (Wildman–Crippen LogP) is 1.25. The third-order valence-corrected chi connectivity index (χ3v) is 4.30. The SMILES string of the molecule is CC1CN(Cc2nnc3n2CCOC3)CCN1C(=O)OC(C)(C)C. The maximum absolute atomic E-state index is 12.3. The van der Waals surface area contributed by atoms with Crippen LogP contribution in [-0.4, -0.2) is 68.5 Å². The van der Waals surface area contributed by atoms with Gasteiger partial charge in [0.05, 0.1) is 13.2 Å². The van der Waals surface area contributed by atoms with Gasteiger partial charge in [0.15, 0.2) is 5.82 Å². The molecule has 1 saturated heterocycles. The maximum Gasteiger partial charge on any atom is 0.410 e. The number of rotatable bonds is 2. The highest BCUT2D eigenvalue weighted by Crippen LogP contribution is 2.18. The van der Waals surface area contributed by atoms with E-state index in [1.807, 2.05) is 25.7 Å². The van der Waals surface area contributed by atoms with Crippen molar-refractivity contribution in [1.29, 1.82) is 0 Å². The van der Waals surface area contributed by atoms with Gasteiger partial charge < -0.3 is 18.9 Å². The summed E-state index contributed by atoms with van der Waals surface area (Å²) < 4.78 is 13.0. The smallest absolute Gasteiger partial charge is 0.410 e. The van der Waals surface area contributed by atoms with Gasteiger partial charge in [0.25, 0.3) is 0 Å². The number of hydrogen-bond acceptors (Lipinski definition) is 6. The molecule has 0 saturated carbocycles. The molecule has 3 heterocycles. The van der Waals surface area contributed by atoms with E-state index >= 15 is 0 Å². The van der Waals surface area contributed by atoms with E-state index in [1.165, 1.54) is 0 Å². The molecule has 1 unspecified atom stereocenters. The summed E-state index contributed by atoms with van der Waals surface area (Å²) in [5.41, 5.74) is -0.462. The van der Waals surface area contributed by atoms with Gasteiger partial charge in [-0.3, -0.25) is 4.90 Å². The Labute approximate surface area is 142 Å². The van der Waals surface area contributed by atoms with Crippen molar-refractivity contribution >= 4 is 6.09 Å². The summed E-state index contributed by atoms with van der Waals surface area (Å²) in [7, 11) is 0. The lowest BCUT2D eigenvalue weighted by molar-refractivity contribution is -0.0000166. The van der Waals surface area contributed by atoms with Crippen LogP contribution in [0.4, 0.5) is 4.79 Å². The molecule has 0 spiro atoms. The molecule has 134 valence electrons. The molecule has 1 fully saturated rings. The van der Waals surface area contributed by atoms with Crippen LogP contribution in [0.1, 0.15) is 39.3 Å². The van der Waals surface area contributed by atoms with Crippen molar-refractivity contribution in [2.24, 2.45) is 0 Å². The third kappa shape index (κ3) is 3.87. The van der Waals surface area contributed by atoms with Crippen LogP contribution in [0.2, 0.25) is 0 Å². The molecule has 24 heavy (non-hydrogen) atoms. The van der Waals surface area contributed by atoms with Crippen molar-refractivity contribution in [1.82, 2.24) is 24.6 Å². The molecule has 1 amide bonds. The maximum atomic E-state index is 12.3. The van der Waals surface area contributed by atoms with Crippen molar-refractivity contribution < 1.29 is 14.3 Å². The molecule has 1 atom stereocenters. The van der Waals surface area contributed by atoms with Crippen LogP contribution in [-0.2, 0) is 29.2 Å². The number of aromatic nitrogens is 3. The number of fused-ring (bicyclic) bond motifs is 1. The molecule has 2 aliphatic rings. The Balaban J connectivity index is 1.58. The first-order chi connectivity index (χ1) is 11.3. The van der Waals surface area contributed by atoms with Crippen LogP contribution in [0.25, 0.3) is 0 Å². The number of ether oxygens (including phenoxy) is 2. The summed E-state index contributed by atoms with van der Waals surface area (Å²) in [6.45, 7) is 12.8. The highest BCUT2D eigenvalue weighted by molar-refractivity contribution is 5.68. The predicted molar refractivity (Wildman–Crippen MR) is 87.4 cm³/mol. The van der Waals surface area contributed by atoms with Gasteiger partial charge in [-0.2, -0.15) is 0 Å². The van der Waals surface area contributed by atoms with Gasteiger partial charge >= 0.3 is 6.09 Å². The second-order valence-corrected chi connectivity index (χ2v) is 7.49. The van der Waals surface area contributed by atoms with Gasteiger partial charge in [-0.15, -0.1) is 10.2 Å². The van der Waals surface area contributed by atoms with E-state index < -0.39 is 5.60 Å². The largest absolute Gasteiger partial charge is 0.444 e. The van der Waals surface area contributed by atoms with Crippen molar-refractivity contribution in [2.45, 2.75) is 59.0 Å². The van der Waals surface area contributed by atoms with Gasteiger partial charge in [0, 0.05) is 32.2 Å². The van der Waals surface area contributed by atoms with Crippen LogP contribution in [0.15, 0.2) is 0 Å². The number of carbonyl (C=O) groups excluding carboxylic acids is 1. The minimum Gasteiger partial charge on any atom is -0.444 e. The number of amides is 1. The van der Waals surface area contributed by atoms with E-state index in [2.05, 4.69) is 26.6 Å². The number of carbonyl (C=O) groups is 1. The zero-order valence-corrected chi connectivity index (χ0v) is 15.0. The van der Waals surface area contributed by atoms with Gasteiger partial charge in [-0.05, 0) is 27.7 Å². The minimum absolute atomic E-state index is 0.112. The molecule has 1 aromatic heterocycles. The first-order valence-electron chi connectivity index (χ1n) is 8.54. The lowest BCUT2D eigenvalue weighted by atomic mass is 10.2. The Kier molecular flexibility index (Phi) is 4.78. The second-order valence-electron chi connectivity index (χ2n) is 7.49. The third-order valence-electron chi connectivity index (χ3n) is 4.30. The molecule has 2 aliphatic heterocycles. The second kappa shape index (κ2) is 6.68. The molecular formula is C16H27N5O3. The molecule has 1 aromatic rings. The highest BCUT2D eigenvalue weighted by Gasteiger charge is 2.31. The Morgan fingerprint density at radius 3 is 2.79 bits per heavy atom. The van der Waals surface area contributed by atoms with E-state index in [9.17, 15) is 4.79 Å². The summed E-state index contributed by atoms with van der Waals surface area (Å²) in [4.78, 5) is 16.4. The van der Waals surface area contributed by atoms with Crippen LogP contribution < -0.4 is 0 Å². The van der Waals surface area contributed by atoms with E-state index in [0.29, 0.717) is 19.8 Å². The number of hydrogen-bond donors (Lipinski definition) is 0. The fourth-order valence-electron chi connectivity index (χ4n) is 3.14. The molecule has 8 heteroatoms. The quantitative estimate of drug-likeness (QED) is 0.809. The van der Waals surface area contributed by atoms with Gasteiger partial charge in [-0.1, -0.05) is 0 Å². The van der Waals surface area contributed by atoms with Crippen LogP contribution >= 0.6 is 0 Å². The van der Waals surface area contributed by atoms with E-state index in [-0.39, 0.29) is 12.1 Å². The summed E-state index contributed by atoms with van der Waals surface area (Å²) in [6.07, 6.45) is -0.230. The topological polar surface area (TPSA) is 72.7 Å². The monoisotopic (exact) mass is 337 g/mol. The average Bonchev–Trinajstić information content (AvgIpc) is 2.89. The van der Waals surface area contributed by atoms with Crippen LogP contribution in [0, 0.1) is 0 Å². The number of piperazine rings is 1. The number of nitrogens with zero attached hydrogens (tertiary/aromatic N) is 5. The average molecular weight is 337 g/mol. The molecule has 8 nitrogen and oxygen atoms in total. The molecule has 0 radical (unpaired) electrons. The molecule has 0 aliphatic carbocycles. The normalized spacial score (nSPS) is 22.3. The fourth-order valence-corrected chi connectivity index (χ4v) is 3.14. The Bertz CT molecular complexity index is 595. The minimum atomic E-state index is -0.462. The standard InChI is InChI=1S/C16H27N5O3/c1-12-9-19(5-6-20(12)15(22)24-16(2,3)4)10-13-17-18-14-11-23-8-7-21(13)14/h12H,5-11H2,1-4H3. The Morgan fingerprint density at radius 1 is 1.29 bits per heavy atom. The molecule has 0 bridgehead atoms. The summed E-state index contributed by atoms with van der Waals surface area (Å²) in [6, 6.07) is 0.112. The van der Waals surface area contributed by atoms with Gasteiger partial charge in [0.2, 0.25) is 0 Å². The Hall–Kier alpha value is -1.67. The van der Waals surface area contributed by atoms with Crippen LogP contribution in [0.5, 0.6) is 0 Å². The zero-order valence-electron chi connectivity index (χ0n) is 15.0. The molecule has 3 rings (SSSR count). The Morgan fingerprint density at radius 2 is 2.08 bits per heavy atom. The zero-order chi connectivity index (χ0) is 17.3. The lowest BCUT2D eigenvalue weighted by Gasteiger charge is -2.40. The van der Waals surface area contributed by atoms with E-state index in [1.54, 1.807) is 0 Å². The molecule has 0 aromatic carbocycles. The van der Waals surface area contributed by atoms with Crippen molar-refractivity contribution in [2.75, 3.05) is 26.2 Å². The summed E-state index contributed by atoms with van der Waals surface area (Å²) in [5.74, 6) is 1.88. The molecule has 0 N–H and O–H groups in total.